The van der Waals surface area contributed by atoms with Gasteiger partial charge in [-0.05, 0) is 25.9 Å². The number of ether oxygens (including phenoxy) is 3. The van der Waals surface area contributed by atoms with Crippen molar-refractivity contribution in [3.63, 3.8) is 0 Å². The quantitative estimate of drug-likeness (QED) is 0.0910. The maximum atomic E-state index is 12.6. The third-order valence-corrected chi connectivity index (χ3v) is 8.39. The van der Waals surface area contributed by atoms with Gasteiger partial charge in [0.2, 0.25) is 5.91 Å². The predicted octanol–water partition coefficient (Wildman–Crippen LogP) is -8.59. The number of nitrogens with one attached hydrogen (secondary N) is 2. The smallest absolute Gasteiger partial charge is 0.250 e. The summed E-state index contributed by atoms with van der Waals surface area (Å²) >= 11 is 0. The number of carbonyl (C=O) groups excluding carboxylic acids is 1. The van der Waals surface area contributed by atoms with Crippen molar-refractivity contribution < 1.29 is 54.8 Å². The minimum absolute atomic E-state index is 0.0440. The first-order valence-corrected chi connectivity index (χ1v) is 14.2. The van der Waals surface area contributed by atoms with Crippen molar-refractivity contribution in [3.8, 4) is 0 Å². The molecule has 2 aliphatic heterocycles. The lowest BCUT2D eigenvalue weighted by atomic mass is 9.71. The van der Waals surface area contributed by atoms with Crippen molar-refractivity contribution in [2.75, 3.05) is 32.8 Å². The van der Waals surface area contributed by atoms with E-state index >= 15 is 0 Å². The molecule has 16 unspecified atom stereocenters. The Balaban J connectivity index is 1.96. The molecule has 3 aliphatic rings. The number of aliphatic hydroxyl groups excluding tert-OH is 7. The molecular formula is C24H49N7O11. The Morgan fingerprint density at radius 3 is 2.24 bits per heavy atom. The molecule has 18 heteroatoms. The third kappa shape index (κ3) is 7.54. The minimum Gasteiger partial charge on any atom is -0.394 e. The number of rotatable bonds is 12. The van der Waals surface area contributed by atoms with Crippen LogP contribution in [-0.4, -0.2) is 166 Å². The maximum Gasteiger partial charge on any atom is 0.250 e. The van der Waals surface area contributed by atoms with Crippen LogP contribution in [0.3, 0.4) is 0 Å². The van der Waals surface area contributed by atoms with Gasteiger partial charge in [0, 0.05) is 25.0 Å². The van der Waals surface area contributed by atoms with Gasteiger partial charge in [-0.2, -0.15) is 0 Å². The number of hydrogen-bond acceptors (Lipinski definition) is 17. The molecule has 42 heavy (non-hydrogen) atoms. The van der Waals surface area contributed by atoms with Gasteiger partial charge in [0.05, 0.1) is 43.0 Å². The average Bonchev–Trinajstić information content (AvgIpc) is 2.97. The van der Waals surface area contributed by atoms with Crippen LogP contribution in [0.2, 0.25) is 0 Å². The molecule has 0 aromatic rings. The van der Waals surface area contributed by atoms with Crippen molar-refractivity contribution in [1.29, 1.82) is 0 Å². The second-order valence-corrected chi connectivity index (χ2v) is 11.2. The van der Waals surface area contributed by atoms with Crippen molar-refractivity contribution in [3.05, 3.63) is 0 Å². The molecule has 0 radical (unpaired) electrons. The van der Waals surface area contributed by atoms with Gasteiger partial charge in [0.25, 0.3) is 0 Å². The van der Waals surface area contributed by atoms with E-state index in [0.29, 0.717) is 19.5 Å². The zero-order chi connectivity index (χ0) is 31.3. The molecule has 0 spiro atoms. The molecule has 1 aliphatic carbocycles. The number of amides is 1. The Bertz CT molecular complexity index is 851. The second kappa shape index (κ2) is 15.7. The first kappa shape index (κ1) is 35.3. The van der Waals surface area contributed by atoms with Gasteiger partial charge < -0.3 is 89.3 Å². The maximum absolute atomic E-state index is 12.6. The van der Waals surface area contributed by atoms with E-state index in [0.717, 1.165) is 0 Å². The highest BCUT2D eigenvalue weighted by molar-refractivity contribution is 5.81. The van der Waals surface area contributed by atoms with E-state index in [-0.39, 0.29) is 19.5 Å². The highest BCUT2D eigenvalue weighted by Crippen LogP contribution is 2.37. The highest BCUT2D eigenvalue weighted by Gasteiger charge is 2.56. The summed E-state index contributed by atoms with van der Waals surface area (Å²) in [5, 5.41) is 79.6. The molecule has 2 saturated heterocycles. The highest BCUT2D eigenvalue weighted by atomic mass is 16.7. The number of carbonyl (C=O) groups is 1. The van der Waals surface area contributed by atoms with Crippen LogP contribution in [0.25, 0.3) is 0 Å². The summed E-state index contributed by atoms with van der Waals surface area (Å²) in [6.07, 6.45) is -14.6. The summed E-state index contributed by atoms with van der Waals surface area (Å²) in [4.78, 5) is 12.6. The SMILES string of the molecule is NCCCNC1C(O)C(O)C(CN)OC1C1C(N)CC(NC(=O)C(O)CN)C(OC2OC(CO)C(O)C(N)C2O)C1O. The zero-order valence-corrected chi connectivity index (χ0v) is 23.3. The molecule has 3 fully saturated rings. The summed E-state index contributed by atoms with van der Waals surface area (Å²) in [6, 6.07) is -4.16. The van der Waals surface area contributed by atoms with Crippen LogP contribution in [0.15, 0.2) is 0 Å². The van der Waals surface area contributed by atoms with Gasteiger partial charge in [-0.1, -0.05) is 0 Å². The molecule has 3 rings (SSSR count). The molecule has 0 aromatic carbocycles. The molecule has 18 nitrogen and oxygen atoms in total. The minimum atomic E-state index is -1.61. The summed E-state index contributed by atoms with van der Waals surface area (Å²) in [6.45, 7) is -0.497. The molecule has 1 saturated carbocycles. The van der Waals surface area contributed by atoms with E-state index in [4.69, 9.17) is 42.9 Å². The van der Waals surface area contributed by atoms with Gasteiger partial charge in [0.1, 0.15) is 42.7 Å². The van der Waals surface area contributed by atoms with Gasteiger partial charge in [-0.3, -0.25) is 4.79 Å². The fraction of sp³-hybridized carbons (Fsp3) is 0.958. The Labute approximate surface area is 243 Å². The lowest BCUT2D eigenvalue weighted by molar-refractivity contribution is -0.307. The van der Waals surface area contributed by atoms with E-state index in [1.807, 2.05) is 0 Å². The van der Waals surface area contributed by atoms with Crippen molar-refractivity contribution in [2.24, 2.45) is 34.6 Å². The molecule has 0 bridgehead atoms. The molecular weight excluding hydrogens is 562 g/mol. The van der Waals surface area contributed by atoms with E-state index in [2.05, 4.69) is 10.6 Å². The summed E-state index contributed by atoms with van der Waals surface area (Å²) in [5.74, 6) is -1.86. The molecule has 0 aromatic heterocycles. The number of aliphatic hydroxyl groups is 7. The standard InChI is InChI=1S/C24H49N7O11/c25-2-1-3-30-15-20(38)17(35)11(6-27)40-22(15)13-8(28)4-9(31-23(39)10(33)5-26)21(18(13)36)42-24-19(37)14(29)16(34)12(7-32)41-24/h8-22,24,30,32-38H,1-7,25-29H2,(H,31,39). The second-order valence-electron chi connectivity index (χ2n) is 11.2. The van der Waals surface area contributed by atoms with Crippen molar-refractivity contribution in [1.82, 2.24) is 10.6 Å². The monoisotopic (exact) mass is 611 g/mol. The third-order valence-electron chi connectivity index (χ3n) is 8.39. The largest absolute Gasteiger partial charge is 0.394 e. The molecule has 19 N–H and O–H groups in total. The molecule has 16 atom stereocenters. The van der Waals surface area contributed by atoms with Crippen LogP contribution in [0.1, 0.15) is 12.8 Å². The Morgan fingerprint density at radius 2 is 1.64 bits per heavy atom. The van der Waals surface area contributed by atoms with Crippen LogP contribution in [0.5, 0.6) is 0 Å². The average molecular weight is 612 g/mol. The van der Waals surface area contributed by atoms with Crippen LogP contribution in [-0.2, 0) is 19.0 Å². The van der Waals surface area contributed by atoms with E-state index < -0.39 is 110 Å². The number of hydrogen-bond donors (Lipinski definition) is 14. The van der Waals surface area contributed by atoms with E-state index in [9.17, 15) is 40.5 Å². The lowest BCUT2D eigenvalue weighted by Crippen LogP contribution is -2.72. The Hall–Kier alpha value is -1.17. The Morgan fingerprint density at radius 1 is 0.952 bits per heavy atom. The Kier molecular flexibility index (Phi) is 13.2. The fourth-order valence-corrected chi connectivity index (χ4v) is 5.94. The van der Waals surface area contributed by atoms with Gasteiger partial charge >= 0.3 is 0 Å². The van der Waals surface area contributed by atoms with Gasteiger partial charge in [-0.25, -0.2) is 0 Å². The lowest BCUT2D eigenvalue weighted by Gasteiger charge is -2.53. The van der Waals surface area contributed by atoms with Gasteiger partial charge in [-0.15, -0.1) is 0 Å². The fourth-order valence-electron chi connectivity index (χ4n) is 5.94. The van der Waals surface area contributed by atoms with Crippen LogP contribution in [0, 0.1) is 5.92 Å². The summed E-state index contributed by atoms with van der Waals surface area (Å²) in [7, 11) is 0. The van der Waals surface area contributed by atoms with Crippen molar-refractivity contribution in [2.45, 2.75) is 104 Å². The van der Waals surface area contributed by atoms with E-state index in [1.54, 1.807) is 0 Å². The number of nitrogens with two attached hydrogens (primary N) is 5. The van der Waals surface area contributed by atoms with Crippen LogP contribution in [0.4, 0.5) is 0 Å². The van der Waals surface area contributed by atoms with Crippen LogP contribution >= 0.6 is 0 Å². The van der Waals surface area contributed by atoms with Crippen LogP contribution < -0.4 is 39.3 Å². The van der Waals surface area contributed by atoms with Gasteiger partial charge in [0.15, 0.2) is 6.29 Å². The van der Waals surface area contributed by atoms with Crippen molar-refractivity contribution >= 4 is 5.91 Å². The zero-order valence-electron chi connectivity index (χ0n) is 23.3. The van der Waals surface area contributed by atoms with E-state index in [1.165, 1.54) is 0 Å². The normalized spacial score (nSPS) is 45.4. The molecule has 1 amide bonds. The molecule has 2 heterocycles. The topological polar surface area (TPSA) is 341 Å². The summed E-state index contributed by atoms with van der Waals surface area (Å²) in [5.41, 5.74) is 29.3. The molecule has 246 valence electrons. The first-order chi connectivity index (χ1) is 19.9. The summed E-state index contributed by atoms with van der Waals surface area (Å²) < 4.78 is 17.6. The first-order valence-electron chi connectivity index (χ1n) is 14.2. The predicted molar refractivity (Wildman–Crippen MR) is 145 cm³/mol.